The first-order valence-electron chi connectivity index (χ1n) is 5.18. The van der Waals surface area contributed by atoms with Crippen molar-refractivity contribution in [1.82, 2.24) is 9.55 Å². The summed E-state index contributed by atoms with van der Waals surface area (Å²) in [5, 5.41) is 0. The molecule has 0 aliphatic carbocycles. The van der Waals surface area contributed by atoms with Gasteiger partial charge < -0.3 is 9.47 Å². The number of anilines is 1. The Morgan fingerprint density at radius 2 is 2.00 bits per heavy atom. The van der Waals surface area contributed by atoms with Crippen LogP contribution in [0.25, 0.3) is 0 Å². The van der Waals surface area contributed by atoms with E-state index in [4.69, 9.17) is 0 Å². The molecule has 0 saturated carbocycles. The monoisotopic (exact) mass is 257 g/mol. The summed E-state index contributed by atoms with van der Waals surface area (Å²) in [5.74, 6) is 1.12. The first-order valence-corrected chi connectivity index (χ1v) is 5.97. The third-order valence-corrected chi connectivity index (χ3v) is 3.01. The molecule has 1 aromatic heterocycles. The van der Waals surface area contributed by atoms with Crippen molar-refractivity contribution in [2.24, 2.45) is 0 Å². The number of aromatic nitrogens is 2. The Morgan fingerprint density at radius 3 is 2.57 bits per heavy atom. The van der Waals surface area contributed by atoms with Crippen molar-refractivity contribution in [2.45, 2.75) is 32.7 Å². The van der Waals surface area contributed by atoms with E-state index in [1.54, 1.807) is 0 Å². The Morgan fingerprint density at radius 1 is 1.36 bits per heavy atom. The van der Waals surface area contributed by atoms with Gasteiger partial charge in [-0.2, -0.15) is 0 Å². The molecule has 0 unspecified atom stereocenters. The second kappa shape index (κ2) is 3.93. The molecule has 78 valence electrons. The van der Waals surface area contributed by atoms with Crippen LogP contribution in [-0.2, 0) is 0 Å². The summed E-state index contributed by atoms with van der Waals surface area (Å²) in [4.78, 5) is 6.89. The maximum atomic E-state index is 4.52. The normalized spacial score (nSPS) is 17.0. The number of hydrogen-bond acceptors (Lipinski definition) is 2. The van der Waals surface area contributed by atoms with Gasteiger partial charge in [-0.15, -0.1) is 0 Å². The average molecular weight is 258 g/mol. The molecule has 0 bridgehead atoms. The van der Waals surface area contributed by atoms with Crippen molar-refractivity contribution in [3.8, 4) is 0 Å². The summed E-state index contributed by atoms with van der Waals surface area (Å²) in [6.07, 6.45) is 4.66. The van der Waals surface area contributed by atoms with Crippen LogP contribution in [0.3, 0.4) is 0 Å². The minimum atomic E-state index is 0.476. The summed E-state index contributed by atoms with van der Waals surface area (Å²) in [6, 6.07) is 0.476. The van der Waals surface area contributed by atoms with Crippen molar-refractivity contribution in [3.05, 3.63) is 10.8 Å². The smallest absolute Gasteiger partial charge is 0.206 e. The second-order valence-corrected chi connectivity index (χ2v) is 4.87. The van der Waals surface area contributed by atoms with Gasteiger partial charge in [0.1, 0.15) is 4.60 Å². The van der Waals surface area contributed by atoms with Crippen molar-refractivity contribution >= 4 is 21.9 Å². The lowest BCUT2D eigenvalue weighted by Gasteiger charge is -2.19. The minimum Gasteiger partial charge on any atom is -0.342 e. The fourth-order valence-electron chi connectivity index (χ4n) is 1.89. The molecule has 2 heterocycles. The SMILES string of the molecule is CC(C)n1cc(Br)nc1N1CCCC1. The van der Waals surface area contributed by atoms with Gasteiger partial charge in [-0.25, -0.2) is 4.98 Å². The van der Waals surface area contributed by atoms with Crippen molar-refractivity contribution in [2.75, 3.05) is 18.0 Å². The van der Waals surface area contributed by atoms with E-state index in [9.17, 15) is 0 Å². The van der Waals surface area contributed by atoms with Crippen LogP contribution in [0, 0.1) is 0 Å². The molecule has 0 N–H and O–H groups in total. The molecular weight excluding hydrogens is 242 g/mol. The topological polar surface area (TPSA) is 21.1 Å². The summed E-state index contributed by atoms with van der Waals surface area (Å²) in [6.45, 7) is 6.67. The zero-order valence-corrected chi connectivity index (χ0v) is 10.3. The molecule has 1 aliphatic heterocycles. The van der Waals surface area contributed by atoms with Crippen LogP contribution in [0.2, 0.25) is 0 Å². The van der Waals surface area contributed by atoms with Crippen molar-refractivity contribution in [3.63, 3.8) is 0 Å². The molecule has 2 rings (SSSR count). The molecule has 1 saturated heterocycles. The Kier molecular flexibility index (Phi) is 2.81. The average Bonchev–Trinajstić information content (AvgIpc) is 2.70. The van der Waals surface area contributed by atoms with Crippen LogP contribution in [0.5, 0.6) is 0 Å². The van der Waals surface area contributed by atoms with Gasteiger partial charge in [0.25, 0.3) is 0 Å². The van der Waals surface area contributed by atoms with Gasteiger partial charge in [-0.05, 0) is 42.6 Å². The Bertz CT molecular complexity index is 313. The lowest BCUT2D eigenvalue weighted by Crippen LogP contribution is -2.22. The van der Waals surface area contributed by atoms with Crippen LogP contribution < -0.4 is 4.90 Å². The van der Waals surface area contributed by atoms with Crippen LogP contribution in [0.15, 0.2) is 10.8 Å². The predicted molar refractivity (Wildman–Crippen MR) is 61.8 cm³/mol. The quantitative estimate of drug-likeness (QED) is 0.813. The van der Waals surface area contributed by atoms with E-state index < -0.39 is 0 Å². The minimum absolute atomic E-state index is 0.476. The molecular formula is C10H16BrN3. The Balaban J connectivity index is 2.30. The van der Waals surface area contributed by atoms with Gasteiger partial charge in [0.15, 0.2) is 0 Å². The number of imidazole rings is 1. The number of rotatable bonds is 2. The zero-order valence-electron chi connectivity index (χ0n) is 8.70. The summed E-state index contributed by atoms with van der Waals surface area (Å²) in [5.41, 5.74) is 0. The highest BCUT2D eigenvalue weighted by Crippen LogP contribution is 2.25. The maximum absolute atomic E-state index is 4.52. The van der Waals surface area contributed by atoms with E-state index in [0.717, 1.165) is 23.6 Å². The number of nitrogens with zero attached hydrogens (tertiary/aromatic N) is 3. The predicted octanol–water partition coefficient (Wildman–Crippen LogP) is 2.83. The highest BCUT2D eigenvalue weighted by Gasteiger charge is 2.19. The van der Waals surface area contributed by atoms with E-state index >= 15 is 0 Å². The van der Waals surface area contributed by atoms with Gasteiger partial charge in [0.2, 0.25) is 5.95 Å². The number of hydrogen-bond donors (Lipinski definition) is 0. The fraction of sp³-hybridized carbons (Fsp3) is 0.700. The van der Waals surface area contributed by atoms with Crippen LogP contribution in [-0.4, -0.2) is 22.6 Å². The summed E-state index contributed by atoms with van der Waals surface area (Å²) in [7, 11) is 0. The molecule has 0 aromatic carbocycles. The second-order valence-electron chi connectivity index (χ2n) is 4.06. The largest absolute Gasteiger partial charge is 0.342 e. The summed E-state index contributed by atoms with van der Waals surface area (Å²) < 4.78 is 3.17. The van der Waals surface area contributed by atoms with Gasteiger partial charge in [0.05, 0.1) is 0 Å². The lowest BCUT2D eigenvalue weighted by atomic mass is 10.4. The molecule has 4 heteroatoms. The molecule has 0 atom stereocenters. The van der Waals surface area contributed by atoms with Gasteiger partial charge in [-0.1, -0.05) is 0 Å². The molecule has 3 nitrogen and oxygen atoms in total. The Hall–Kier alpha value is -0.510. The highest BCUT2D eigenvalue weighted by molar-refractivity contribution is 9.10. The molecule has 1 fully saturated rings. The van der Waals surface area contributed by atoms with Crippen LogP contribution in [0.1, 0.15) is 32.7 Å². The van der Waals surface area contributed by atoms with Crippen LogP contribution in [0.4, 0.5) is 5.95 Å². The van der Waals surface area contributed by atoms with E-state index in [-0.39, 0.29) is 0 Å². The third-order valence-electron chi connectivity index (χ3n) is 2.63. The first-order chi connectivity index (χ1) is 6.68. The third kappa shape index (κ3) is 1.80. The molecule has 1 aliphatic rings. The van der Waals surface area contributed by atoms with E-state index in [0.29, 0.717) is 6.04 Å². The van der Waals surface area contributed by atoms with Gasteiger partial charge in [-0.3, -0.25) is 0 Å². The number of halogens is 1. The van der Waals surface area contributed by atoms with E-state index in [1.165, 1.54) is 12.8 Å². The summed E-state index contributed by atoms with van der Waals surface area (Å²) >= 11 is 3.44. The zero-order chi connectivity index (χ0) is 10.1. The maximum Gasteiger partial charge on any atom is 0.206 e. The van der Waals surface area contributed by atoms with Crippen molar-refractivity contribution in [1.29, 1.82) is 0 Å². The van der Waals surface area contributed by atoms with E-state index in [2.05, 4.69) is 50.4 Å². The molecule has 0 amide bonds. The van der Waals surface area contributed by atoms with E-state index in [1.807, 2.05) is 0 Å². The van der Waals surface area contributed by atoms with Gasteiger partial charge >= 0.3 is 0 Å². The van der Waals surface area contributed by atoms with Gasteiger partial charge in [0, 0.05) is 25.3 Å². The standard InChI is InChI=1S/C10H16BrN3/c1-8(2)14-7-9(11)12-10(14)13-5-3-4-6-13/h7-8H,3-6H2,1-2H3. The van der Waals surface area contributed by atoms with Crippen LogP contribution >= 0.6 is 15.9 Å². The molecule has 1 aromatic rings. The first kappa shape index (κ1) is 10.0. The lowest BCUT2D eigenvalue weighted by molar-refractivity contribution is 0.592. The highest BCUT2D eigenvalue weighted by atomic mass is 79.9. The molecule has 0 spiro atoms. The Labute approximate surface area is 93.2 Å². The fourth-order valence-corrected chi connectivity index (χ4v) is 2.26. The van der Waals surface area contributed by atoms with Crippen molar-refractivity contribution < 1.29 is 0 Å². The molecule has 0 radical (unpaired) electrons. The molecule has 14 heavy (non-hydrogen) atoms.